The van der Waals surface area contributed by atoms with Crippen LogP contribution < -0.4 is 5.32 Å². The molecule has 2 aromatic rings. The van der Waals surface area contributed by atoms with Crippen molar-refractivity contribution >= 4 is 16.9 Å². The molecule has 0 spiro atoms. The molecule has 0 aliphatic rings. The van der Waals surface area contributed by atoms with Crippen LogP contribution >= 0.6 is 0 Å². The number of hydrogen-bond acceptors (Lipinski definition) is 2. The summed E-state index contributed by atoms with van der Waals surface area (Å²) in [6.45, 7) is 2.38. The number of rotatable bonds is 3. The molecule has 0 fully saturated rings. The molecule has 15 heavy (non-hydrogen) atoms. The maximum absolute atomic E-state index is 11.1. The highest BCUT2D eigenvalue weighted by Crippen LogP contribution is 2.10. The number of hydrogen-bond donors (Lipinski definition) is 2. The summed E-state index contributed by atoms with van der Waals surface area (Å²) in [7, 11) is 0. The third-order valence-corrected chi connectivity index (χ3v) is 2.27. The minimum atomic E-state index is 0.0594. The molecule has 2 rings (SSSR count). The van der Waals surface area contributed by atoms with Crippen molar-refractivity contribution in [2.24, 2.45) is 0 Å². The molecule has 0 unspecified atom stereocenters. The third-order valence-electron chi connectivity index (χ3n) is 2.27. The zero-order valence-electron chi connectivity index (χ0n) is 8.58. The van der Waals surface area contributed by atoms with Crippen molar-refractivity contribution < 1.29 is 4.79 Å². The number of H-pyrrole nitrogens is 1. The van der Waals surface area contributed by atoms with Crippen LogP contribution in [0.2, 0.25) is 0 Å². The number of carbonyl (C=O) groups excluding carboxylic acids is 1. The Balaban J connectivity index is 2.11. The van der Waals surface area contributed by atoms with Gasteiger partial charge in [0.15, 0.2) is 0 Å². The summed E-state index contributed by atoms with van der Waals surface area (Å²) >= 11 is 0. The second-order valence-corrected chi connectivity index (χ2v) is 3.39. The van der Waals surface area contributed by atoms with Gasteiger partial charge in [-0.05, 0) is 17.7 Å². The first-order valence-corrected chi connectivity index (χ1v) is 4.98. The van der Waals surface area contributed by atoms with Crippen molar-refractivity contribution in [3.05, 3.63) is 30.1 Å². The Kier molecular flexibility index (Phi) is 2.67. The van der Waals surface area contributed by atoms with E-state index >= 15 is 0 Å². The van der Waals surface area contributed by atoms with Gasteiger partial charge < -0.3 is 10.3 Å². The lowest BCUT2D eigenvalue weighted by molar-refractivity contribution is -0.120. The van der Waals surface area contributed by atoms with Crippen LogP contribution in [0.5, 0.6) is 0 Å². The maximum atomic E-state index is 11.1. The summed E-state index contributed by atoms with van der Waals surface area (Å²) in [5.41, 5.74) is 1.89. The molecule has 0 aliphatic heterocycles. The molecule has 4 heteroatoms. The molecule has 0 atom stereocenters. The van der Waals surface area contributed by atoms with Gasteiger partial charge in [-0.3, -0.25) is 4.79 Å². The van der Waals surface area contributed by atoms with E-state index in [4.69, 9.17) is 0 Å². The third kappa shape index (κ3) is 2.15. The van der Waals surface area contributed by atoms with E-state index in [1.54, 1.807) is 6.20 Å². The van der Waals surface area contributed by atoms with Gasteiger partial charge in [0.1, 0.15) is 5.65 Å². The van der Waals surface area contributed by atoms with Gasteiger partial charge in [0.25, 0.3) is 0 Å². The van der Waals surface area contributed by atoms with Crippen molar-refractivity contribution in [3.63, 3.8) is 0 Å². The first kappa shape index (κ1) is 9.71. The van der Waals surface area contributed by atoms with Gasteiger partial charge in [-0.25, -0.2) is 4.98 Å². The molecule has 1 amide bonds. The topological polar surface area (TPSA) is 57.8 Å². The summed E-state index contributed by atoms with van der Waals surface area (Å²) in [6, 6.07) is 3.99. The van der Waals surface area contributed by atoms with Crippen LogP contribution in [0.4, 0.5) is 0 Å². The molecular weight excluding hydrogens is 190 g/mol. The number of nitrogens with zero attached hydrogens (tertiary/aromatic N) is 1. The van der Waals surface area contributed by atoms with E-state index in [-0.39, 0.29) is 5.91 Å². The van der Waals surface area contributed by atoms with Crippen molar-refractivity contribution in [1.82, 2.24) is 15.3 Å². The molecule has 0 aliphatic carbocycles. The van der Waals surface area contributed by atoms with Crippen molar-refractivity contribution in [2.75, 3.05) is 0 Å². The first-order chi connectivity index (χ1) is 7.29. The fourth-order valence-electron chi connectivity index (χ4n) is 1.41. The van der Waals surface area contributed by atoms with Crippen LogP contribution in [-0.4, -0.2) is 15.9 Å². The summed E-state index contributed by atoms with van der Waals surface area (Å²) < 4.78 is 0. The molecule has 0 aromatic carbocycles. The molecule has 2 aromatic heterocycles. The van der Waals surface area contributed by atoms with Gasteiger partial charge in [0, 0.05) is 30.7 Å². The van der Waals surface area contributed by atoms with Crippen molar-refractivity contribution in [1.29, 1.82) is 0 Å². The number of aromatic amines is 1. The lowest BCUT2D eigenvalue weighted by atomic mass is 10.2. The van der Waals surface area contributed by atoms with Crippen LogP contribution in [-0.2, 0) is 11.3 Å². The second-order valence-electron chi connectivity index (χ2n) is 3.39. The average Bonchev–Trinajstić information content (AvgIpc) is 2.72. The van der Waals surface area contributed by atoms with Crippen LogP contribution in [0.15, 0.2) is 24.5 Å². The summed E-state index contributed by atoms with van der Waals surface area (Å²) in [6.07, 6.45) is 4.14. The Morgan fingerprint density at radius 3 is 3.27 bits per heavy atom. The van der Waals surface area contributed by atoms with E-state index in [0.29, 0.717) is 13.0 Å². The molecule has 4 nitrogen and oxygen atoms in total. The highest BCUT2D eigenvalue weighted by Gasteiger charge is 2.00. The smallest absolute Gasteiger partial charge is 0.219 e. The summed E-state index contributed by atoms with van der Waals surface area (Å²) in [5, 5.41) is 3.88. The first-order valence-electron chi connectivity index (χ1n) is 4.98. The van der Waals surface area contributed by atoms with E-state index in [1.807, 2.05) is 25.3 Å². The van der Waals surface area contributed by atoms with Gasteiger partial charge in [0.2, 0.25) is 5.91 Å². The van der Waals surface area contributed by atoms with Gasteiger partial charge in [-0.15, -0.1) is 0 Å². The quantitative estimate of drug-likeness (QED) is 0.795. The highest BCUT2D eigenvalue weighted by molar-refractivity contribution is 5.77. The normalized spacial score (nSPS) is 10.5. The van der Waals surface area contributed by atoms with Crippen LogP contribution in [0, 0.1) is 0 Å². The summed E-state index contributed by atoms with van der Waals surface area (Å²) in [4.78, 5) is 18.3. The minimum Gasteiger partial charge on any atom is -0.352 e. The molecule has 0 saturated carbocycles. The van der Waals surface area contributed by atoms with E-state index in [1.165, 1.54) is 0 Å². The standard InChI is InChI=1S/C11H13N3O/c1-2-10(15)13-6-8-5-9-3-4-12-11(9)14-7-8/h3-5,7H,2,6H2,1H3,(H,12,14)(H,13,15). The predicted molar refractivity (Wildman–Crippen MR) is 58.2 cm³/mol. The number of fused-ring (bicyclic) bond motifs is 1. The maximum Gasteiger partial charge on any atom is 0.219 e. The summed E-state index contributed by atoms with van der Waals surface area (Å²) in [5.74, 6) is 0.0594. The molecule has 0 bridgehead atoms. The lowest BCUT2D eigenvalue weighted by Crippen LogP contribution is -2.21. The monoisotopic (exact) mass is 203 g/mol. The zero-order valence-corrected chi connectivity index (χ0v) is 8.58. The van der Waals surface area contributed by atoms with Crippen LogP contribution in [0.25, 0.3) is 11.0 Å². The van der Waals surface area contributed by atoms with Gasteiger partial charge >= 0.3 is 0 Å². The Hall–Kier alpha value is -1.84. The second kappa shape index (κ2) is 4.13. The molecule has 2 heterocycles. The molecule has 0 radical (unpaired) electrons. The Bertz CT molecular complexity index is 475. The highest BCUT2D eigenvalue weighted by atomic mass is 16.1. The van der Waals surface area contributed by atoms with Gasteiger partial charge in [-0.1, -0.05) is 6.92 Å². The van der Waals surface area contributed by atoms with Crippen LogP contribution in [0.3, 0.4) is 0 Å². The van der Waals surface area contributed by atoms with Gasteiger partial charge in [-0.2, -0.15) is 0 Å². The van der Waals surface area contributed by atoms with Gasteiger partial charge in [0.05, 0.1) is 0 Å². The van der Waals surface area contributed by atoms with Crippen molar-refractivity contribution in [2.45, 2.75) is 19.9 Å². The Morgan fingerprint density at radius 1 is 1.60 bits per heavy atom. The SMILES string of the molecule is CCC(=O)NCc1cnc2[nH]ccc2c1. The van der Waals surface area contributed by atoms with Crippen LogP contribution in [0.1, 0.15) is 18.9 Å². The zero-order chi connectivity index (χ0) is 10.7. The molecule has 0 saturated heterocycles. The Morgan fingerprint density at radius 2 is 2.47 bits per heavy atom. The van der Waals surface area contributed by atoms with E-state index in [9.17, 15) is 4.79 Å². The van der Waals surface area contributed by atoms with Crippen molar-refractivity contribution in [3.8, 4) is 0 Å². The predicted octanol–water partition coefficient (Wildman–Crippen LogP) is 1.59. The minimum absolute atomic E-state index is 0.0594. The fourth-order valence-corrected chi connectivity index (χ4v) is 1.41. The van der Waals surface area contributed by atoms with E-state index in [0.717, 1.165) is 16.6 Å². The number of amides is 1. The Labute approximate surface area is 87.7 Å². The molecular formula is C11H13N3O. The number of pyridine rings is 1. The fraction of sp³-hybridized carbons (Fsp3) is 0.273. The largest absolute Gasteiger partial charge is 0.352 e. The number of aromatic nitrogens is 2. The number of nitrogens with one attached hydrogen (secondary N) is 2. The van der Waals surface area contributed by atoms with E-state index in [2.05, 4.69) is 15.3 Å². The lowest BCUT2D eigenvalue weighted by Gasteiger charge is -2.02. The van der Waals surface area contributed by atoms with E-state index < -0.39 is 0 Å². The molecule has 78 valence electrons. The number of carbonyl (C=O) groups is 1. The molecule has 2 N–H and O–H groups in total. The average molecular weight is 203 g/mol.